The molecule has 1 aliphatic heterocycles. The minimum absolute atomic E-state index is 0.0182. The van der Waals surface area contributed by atoms with E-state index in [9.17, 15) is 26.4 Å². The number of benzene rings is 1. The van der Waals surface area contributed by atoms with E-state index in [4.69, 9.17) is 16.3 Å². The van der Waals surface area contributed by atoms with Crippen molar-refractivity contribution in [3.63, 3.8) is 0 Å². The first-order valence-electron chi connectivity index (χ1n) is 8.51. The zero-order valence-electron chi connectivity index (χ0n) is 15.7. The molecule has 2 rings (SSSR count). The molecule has 1 aliphatic rings. The van der Waals surface area contributed by atoms with Crippen LogP contribution >= 0.6 is 11.6 Å². The van der Waals surface area contributed by atoms with E-state index >= 15 is 0 Å². The van der Waals surface area contributed by atoms with Crippen LogP contribution in [0.1, 0.15) is 26.3 Å². The molecular weight excluding hydrogens is 421 g/mol. The molecule has 0 amide bonds. The number of halogens is 4. The molecule has 0 saturated carbocycles. The second kappa shape index (κ2) is 8.17. The number of hydrogen-bond donors (Lipinski definition) is 0. The first-order chi connectivity index (χ1) is 12.7. The van der Waals surface area contributed by atoms with E-state index in [2.05, 4.69) is 0 Å². The summed E-state index contributed by atoms with van der Waals surface area (Å²) in [5.74, 6) is -0.420. The maximum atomic E-state index is 13.0. The molecule has 0 N–H and O–H groups in total. The number of carbonyl (C=O) groups is 1. The smallest absolute Gasteiger partial charge is 0.417 e. The van der Waals surface area contributed by atoms with Crippen molar-refractivity contribution in [2.45, 2.75) is 37.4 Å². The Kier molecular flexibility index (Phi) is 6.69. The van der Waals surface area contributed by atoms with E-state index in [1.807, 2.05) is 0 Å². The van der Waals surface area contributed by atoms with Crippen LogP contribution in [0.2, 0.25) is 5.02 Å². The SMILES string of the molecule is CC(C)(C)OC(=O)CN1CCN(S(=O)(=O)c2ccc(Cl)c(C(F)(F)F)c2)CC1. The summed E-state index contributed by atoms with van der Waals surface area (Å²) in [5, 5.41) is -0.561. The lowest BCUT2D eigenvalue weighted by atomic mass is 10.2. The number of rotatable bonds is 4. The van der Waals surface area contributed by atoms with Crippen molar-refractivity contribution in [2.75, 3.05) is 32.7 Å². The fraction of sp³-hybridized carbons (Fsp3) is 0.588. The maximum absolute atomic E-state index is 13.0. The van der Waals surface area contributed by atoms with Crippen molar-refractivity contribution in [3.8, 4) is 0 Å². The van der Waals surface area contributed by atoms with Gasteiger partial charge in [-0.15, -0.1) is 0 Å². The van der Waals surface area contributed by atoms with Crippen molar-refractivity contribution in [3.05, 3.63) is 28.8 Å². The largest absolute Gasteiger partial charge is 0.459 e. The molecule has 28 heavy (non-hydrogen) atoms. The summed E-state index contributed by atoms with van der Waals surface area (Å²) in [7, 11) is -4.11. The Morgan fingerprint density at radius 2 is 1.71 bits per heavy atom. The van der Waals surface area contributed by atoms with Gasteiger partial charge in [-0.1, -0.05) is 11.6 Å². The van der Waals surface area contributed by atoms with Crippen LogP contribution in [0.4, 0.5) is 13.2 Å². The Morgan fingerprint density at radius 3 is 2.21 bits per heavy atom. The molecule has 1 aromatic rings. The van der Waals surface area contributed by atoms with E-state index in [0.717, 1.165) is 16.4 Å². The second-order valence-corrected chi connectivity index (χ2v) is 9.75. The molecule has 1 fully saturated rings. The van der Waals surface area contributed by atoms with Crippen LogP contribution in [0.5, 0.6) is 0 Å². The molecule has 0 aliphatic carbocycles. The number of esters is 1. The summed E-state index contributed by atoms with van der Waals surface area (Å²) in [6, 6.07) is 2.53. The van der Waals surface area contributed by atoms with Gasteiger partial charge in [-0.3, -0.25) is 9.69 Å². The summed E-state index contributed by atoms with van der Waals surface area (Å²) >= 11 is 5.55. The van der Waals surface area contributed by atoms with E-state index in [0.29, 0.717) is 6.07 Å². The van der Waals surface area contributed by atoms with Crippen LogP contribution in [0.25, 0.3) is 0 Å². The van der Waals surface area contributed by atoms with E-state index in [1.165, 1.54) is 0 Å². The van der Waals surface area contributed by atoms with Gasteiger partial charge in [0.2, 0.25) is 10.0 Å². The fourth-order valence-corrected chi connectivity index (χ4v) is 4.39. The number of hydrogen-bond acceptors (Lipinski definition) is 5. The number of carbonyl (C=O) groups excluding carboxylic acids is 1. The number of ether oxygens (including phenoxy) is 1. The summed E-state index contributed by atoms with van der Waals surface area (Å²) in [5.41, 5.74) is -1.81. The van der Waals surface area contributed by atoms with E-state index in [-0.39, 0.29) is 32.7 Å². The van der Waals surface area contributed by atoms with Gasteiger partial charge in [-0.25, -0.2) is 8.42 Å². The minimum Gasteiger partial charge on any atom is -0.459 e. The van der Waals surface area contributed by atoms with Gasteiger partial charge in [-0.05, 0) is 39.0 Å². The lowest BCUT2D eigenvalue weighted by molar-refractivity contribution is -0.156. The van der Waals surface area contributed by atoms with Gasteiger partial charge in [0.15, 0.2) is 0 Å². The van der Waals surface area contributed by atoms with Gasteiger partial charge in [0.1, 0.15) is 5.60 Å². The first kappa shape index (κ1) is 22.9. The number of nitrogens with zero attached hydrogens (tertiary/aromatic N) is 2. The molecule has 0 radical (unpaired) electrons. The zero-order valence-corrected chi connectivity index (χ0v) is 17.3. The predicted molar refractivity (Wildman–Crippen MR) is 97.5 cm³/mol. The molecule has 1 saturated heterocycles. The highest BCUT2D eigenvalue weighted by molar-refractivity contribution is 7.89. The quantitative estimate of drug-likeness (QED) is 0.670. The van der Waals surface area contributed by atoms with Crippen LogP contribution < -0.4 is 0 Å². The summed E-state index contributed by atoms with van der Waals surface area (Å²) in [4.78, 5) is 13.1. The normalized spacial score (nSPS) is 17.5. The molecule has 6 nitrogen and oxygen atoms in total. The molecule has 0 unspecified atom stereocenters. The maximum Gasteiger partial charge on any atom is 0.417 e. The lowest BCUT2D eigenvalue weighted by Crippen LogP contribution is -2.50. The van der Waals surface area contributed by atoms with E-state index < -0.39 is 43.3 Å². The van der Waals surface area contributed by atoms with Crippen LogP contribution in [0, 0.1) is 0 Å². The van der Waals surface area contributed by atoms with Gasteiger partial charge in [0.05, 0.1) is 22.0 Å². The lowest BCUT2D eigenvalue weighted by Gasteiger charge is -2.34. The Bertz CT molecular complexity index is 830. The average molecular weight is 443 g/mol. The van der Waals surface area contributed by atoms with Crippen molar-refractivity contribution in [1.82, 2.24) is 9.21 Å². The topological polar surface area (TPSA) is 66.9 Å². The Labute approximate surface area is 167 Å². The molecule has 0 bridgehead atoms. The molecule has 1 heterocycles. The van der Waals surface area contributed by atoms with Gasteiger partial charge in [-0.2, -0.15) is 17.5 Å². The van der Waals surface area contributed by atoms with Gasteiger partial charge >= 0.3 is 12.1 Å². The van der Waals surface area contributed by atoms with Crippen molar-refractivity contribution in [1.29, 1.82) is 0 Å². The first-order valence-corrected chi connectivity index (χ1v) is 10.3. The molecule has 1 aromatic carbocycles. The summed E-state index contributed by atoms with van der Waals surface area (Å²) in [6.07, 6.45) is -4.76. The van der Waals surface area contributed by atoms with Gasteiger partial charge in [0, 0.05) is 26.2 Å². The third-order valence-corrected chi connectivity index (χ3v) is 6.21. The third-order valence-electron chi connectivity index (χ3n) is 3.98. The summed E-state index contributed by atoms with van der Waals surface area (Å²) < 4.78 is 70.7. The second-order valence-electron chi connectivity index (χ2n) is 7.41. The highest BCUT2D eigenvalue weighted by Gasteiger charge is 2.36. The zero-order chi connectivity index (χ0) is 21.3. The highest BCUT2D eigenvalue weighted by Crippen LogP contribution is 2.36. The fourth-order valence-electron chi connectivity index (χ4n) is 2.72. The molecule has 0 aromatic heterocycles. The molecule has 11 heteroatoms. The molecule has 0 atom stereocenters. The van der Waals surface area contributed by atoms with Gasteiger partial charge in [0.25, 0.3) is 0 Å². The highest BCUT2D eigenvalue weighted by atomic mass is 35.5. The standard InChI is InChI=1S/C17H22ClF3N2O4S/c1-16(2,3)27-15(24)11-22-6-8-23(9-7-22)28(25,26)12-4-5-14(18)13(10-12)17(19,20)21/h4-5,10H,6-9,11H2,1-3H3. The van der Waals surface area contributed by atoms with Crippen LogP contribution in [-0.2, 0) is 25.7 Å². The predicted octanol–water partition coefficient (Wildman–Crippen LogP) is 3.01. The Hall–Kier alpha value is -1.36. The Balaban J connectivity index is 2.07. The van der Waals surface area contributed by atoms with E-state index in [1.54, 1.807) is 25.7 Å². The van der Waals surface area contributed by atoms with Gasteiger partial charge < -0.3 is 4.74 Å². The Morgan fingerprint density at radius 1 is 1.14 bits per heavy atom. The summed E-state index contributed by atoms with van der Waals surface area (Å²) in [6.45, 7) is 5.88. The number of alkyl halides is 3. The molecular formula is C17H22ClF3N2O4S. The minimum atomic E-state index is -4.76. The third kappa shape index (κ3) is 5.82. The van der Waals surface area contributed by atoms with Crippen LogP contribution in [-0.4, -0.2) is 61.9 Å². The van der Waals surface area contributed by atoms with Crippen LogP contribution in [0.15, 0.2) is 23.1 Å². The molecule has 158 valence electrons. The van der Waals surface area contributed by atoms with Crippen molar-refractivity contribution < 1.29 is 31.1 Å². The van der Waals surface area contributed by atoms with Crippen molar-refractivity contribution >= 4 is 27.6 Å². The number of piperazine rings is 1. The monoisotopic (exact) mass is 442 g/mol. The van der Waals surface area contributed by atoms with Crippen LogP contribution in [0.3, 0.4) is 0 Å². The average Bonchev–Trinajstić information content (AvgIpc) is 2.52. The van der Waals surface area contributed by atoms with Crippen molar-refractivity contribution in [2.24, 2.45) is 0 Å². The number of sulfonamides is 1. The molecule has 0 spiro atoms.